The van der Waals surface area contributed by atoms with Crippen molar-refractivity contribution in [3.63, 3.8) is 0 Å². The van der Waals surface area contributed by atoms with Crippen LogP contribution in [0.2, 0.25) is 0 Å². The number of carbonyl (C=O) groups excluding carboxylic acids is 1. The van der Waals surface area contributed by atoms with Crippen LogP contribution in [0.25, 0.3) is 0 Å². The van der Waals surface area contributed by atoms with Crippen LogP contribution in [0, 0.1) is 5.82 Å². The van der Waals surface area contributed by atoms with Crippen molar-refractivity contribution >= 4 is 5.91 Å². The Kier molecular flexibility index (Phi) is 7.16. The first-order valence-electron chi connectivity index (χ1n) is 11.0. The SMILES string of the molecule is C=CCN(Cc1cccn1Cc1cccc(F)c1)C(=O)C(c1ccccc1)c1ccccc1. The van der Waals surface area contributed by atoms with Gasteiger partial charge in [-0.2, -0.15) is 0 Å². The number of amides is 1. The maximum Gasteiger partial charge on any atom is 0.235 e. The number of hydrogen-bond donors (Lipinski definition) is 0. The van der Waals surface area contributed by atoms with Gasteiger partial charge >= 0.3 is 0 Å². The van der Waals surface area contributed by atoms with E-state index in [1.165, 1.54) is 12.1 Å². The van der Waals surface area contributed by atoms with E-state index in [1.807, 2.05) is 90.0 Å². The van der Waals surface area contributed by atoms with E-state index >= 15 is 0 Å². The fourth-order valence-corrected chi connectivity index (χ4v) is 4.11. The van der Waals surface area contributed by atoms with Crippen molar-refractivity contribution in [2.45, 2.75) is 19.0 Å². The van der Waals surface area contributed by atoms with Crippen LogP contribution in [0.1, 0.15) is 28.3 Å². The number of aromatic nitrogens is 1. The van der Waals surface area contributed by atoms with E-state index in [4.69, 9.17) is 0 Å². The quantitative estimate of drug-likeness (QED) is 0.293. The Labute approximate surface area is 194 Å². The molecule has 0 spiro atoms. The first-order valence-corrected chi connectivity index (χ1v) is 11.0. The van der Waals surface area contributed by atoms with Crippen molar-refractivity contribution in [3.8, 4) is 0 Å². The van der Waals surface area contributed by atoms with Crippen LogP contribution in [-0.2, 0) is 17.9 Å². The average Bonchev–Trinajstić information content (AvgIpc) is 3.27. The summed E-state index contributed by atoms with van der Waals surface area (Å²) in [6, 6.07) is 30.3. The molecule has 1 aromatic heterocycles. The first-order chi connectivity index (χ1) is 16.2. The maximum atomic E-state index is 13.9. The number of halogens is 1. The van der Waals surface area contributed by atoms with Gasteiger partial charge < -0.3 is 9.47 Å². The van der Waals surface area contributed by atoms with Gasteiger partial charge in [-0.3, -0.25) is 4.79 Å². The number of carbonyl (C=O) groups is 1. The number of benzene rings is 3. The molecule has 0 fully saturated rings. The molecule has 0 bridgehead atoms. The summed E-state index contributed by atoms with van der Waals surface area (Å²) in [5, 5.41) is 0. The molecule has 33 heavy (non-hydrogen) atoms. The summed E-state index contributed by atoms with van der Waals surface area (Å²) in [7, 11) is 0. The summed E-state index contributed by atoms with van der Waals surface area (Å²) < 4.78 is 15.7. The molecule has 4 heteroatoms. The van der Waals surface area contributed by atoms with Crippen LogP contribution in [-0.4, -0.2) is 21.9 Å². The lowest BCUT2D eigenvalue weighted by atomic mass is 9.90. The van der Waals surface area contributed by atoms with Gasteiger partial charge in [-0.05, 0) is 41.0 Å². The third-order valence-electron chi connectivity index (χ3n) is 5.69. The van der Waals surface area contributed by atoms with Crippen molar-refractivity contribution in [1.29, 1.82) is 0 Å². The van der Waals surface area contributed by atoms with Gasteiger partial charge in [0, 0.05) is 25.0 Å². The molecule has 0 N–H and O–H groups in total. The standard InChI is InChI=1S/C29H27FN2O/c1-2-18-32(22-27-17-10-19-31(27)21-23-11-9-16-26(30)20-23)29(33)28(24-12-5-3-6-13-24)25-14-7-4-8-15-25/h2-17,19-20,28H,1,18,21-22H2. The fraction of sp³-hybridized carbons (Fsp3) is 0.138. The average molecular weight is 439 g/mol. The molecule has 1 heterocycles. The van der Waals surface area contributed by atoms with E-state index in [1.54, 1.807) is 12.1 Å². The van der Waals surface area contributed by atoms with Crippen molar-refractivity contribution in [2.24, 2.45) is 0 Å². The molecule has 0 saturated heterocycles. The van der Waals surface area contributed by atoms with Gasteiger partial charge in [0.2, 0.25) is 5.91 Å². The zero-order valence-electron chi connectivity index (χ0n) is 18.5. The lowest BCUT2D eigenvalue weighted by molar-refractivity contribution is -0.132. The second-order valence-corrected chi connectivity index (χ2v) is 8.02. The van der Waals surface area contributed by atoms with Gasteiger partial charge in [-0.1, -0.05) is 78.9 Å². The van der Waals surface area contributed by atoms with Gasteiger partial charge in [0.15, 0.2) is 0 Å². The van der Waals surface area contributed by atoms with Gasteiger partial charge in [0.25, 0.3) is 0 Å². The van der Waals surface area contributed by atoms with E-state index in [-0.39, 0.29) is 11.7 Å². The highest BCUT2D eigenvalue weighted by molar-refractivity contribution is 5.87. The largest absolute Gasteiger partial charge is 0.345 e. The van der Waals surface area contributed by atoms with Crippen LogP contribution in [0.15, 0.2) is 116 Å². The smallest absolute Gasteiger partial charge is 0.235 e. The fourth-order valence-electron chi connectivity index (χ4n) is 4.11. The van der Waals surface area contributed by atoms with E-state index in [0.717, 1.165) is 22.4 Å². The van der Waals surface area contributed by atoms with Crippen molar-refractivity contribution in [2.75, 3.05) is 6.54 Å². The normalized spacial score (nSPS) is 10.8. The Hall–Kier alpha value is -3.92. The second-order valence-electron chi connectivity index (χ2n) is 8.02. The van der Waals surface area contributed by atoms with E-state index in [0.29, 0.717) is 19.6 Å². The summed E-state index contributed by atoms with van der Waals surface area (Å²) in [5.74, 6) is -0.636. The van der Waals surface area contributed by atoms with Crippen LogP contribution in [0.3, 0.4) is 0 Å². The Morgan fingerprint density at radius 2 is 1.58 bits per heavy atom. The minimum absolute atomic E-state index is 0.0193. The second kappa shape index (κ2) is 10.6. The van der Waals surface area contributed by atoms with Gasteiger partial charge in [0.05, 0.1) is 12.5 Å². The molecule has 0 aliphatic carbocycles. The summed E-state index contributed by atoms with van der Waals surface area (Å²) in [5.41, 5.74) is 3.77. The number of hydrogen-bond acceptors (Lipinski definition) is 1. The van der Waals surface area contributed by atoms with Crippen molar-refractivity contribution in [1.82, 2.24) is 9.47 Å². The molecule has 166 valence electrons. The monoisotopic (exact) mass is 438 g/mol. The van der Waals surface area contributed by atoms with Gasteiger partial charge in [-0.15, -0.1) is 6.58 Å². The molecule has 4 aromatic rings. The zero-order valence-corrected chi connectivity index (χ0v) is 18.5. The molecule has 0 unspecified atom stereocenters. The Bertz CT molecular complexity index is 1160. The predicted octanol–water partition coefficient (Wildman–Crippen LogP) is 6.02. The maximum absolute atomic E-state index is 13.9. The van der Waals surface area contributed by atoms with Gasteiger partial charge in [-0.25, -0.2) is 4.39 Å². The lowest BCUT2D eigenvalue weighted by Gasteiger charge is -2.28. The highest BCUT2D eigenvalue weighted by atomic mass is 19.1. The first kappa shape index (κ1) is 22.3. The molecular weight excluding hydrogens is 411 g/mol. The Morgan fingerprint density at radius 1 is 0.909 bits per heavy atom. The molecule has 0 aliphatic rings. The molecule has 0 aliphatic heterocycles. The van der Waals surface area contributed by atoms with Crippen molar-refractivity contribution < 1.29 is 9.18 Å². The molecule has 4 rings (SSSR count). The van der Waals surface area contributed by atoms with E-state index < -0.39 is 5.92 Å². The van der Waals surface area contributed by atoms with Crippen molar-refractivity contribution in [3.05, 3.63) is 144 Å². The number of rotatable bonds is 9. The highest BCUT2D eigenvalue weighted by Gasteiger charge is 2.27. The molecule has 0 saturated carbocycles. The van der Waals surface area contributed by atoms with Crippen LogP contribution >= 0.6 is 0 Å². The van der Waals surface area contributed by atoms with Crippen LogP contribution in [0.5, 0.6) is 0 Å². The predicted molar refractivity (Wildman–Crippen MR) is 130 cm³/mol. The van der Waals surface area contributed by atoms with Crippen LogP contribution < -0.4 is 0 Å². The Balaban J connectivity index is 1.62. The third-order valence-corrected chi connectivity index (χ3v) is 5.69. The molecule has 0 radical (unpaired) electrons. The molecule has 3 aromatic carbocycles. The van der Waals surface area contributed by atoms with Crippen LogP contribution in [0.4, 0.5) is 4.39 Å². The summed E-state index contributed by atoms with van der Waals surface area (Å²) >= 11 is 0. The topological polar surface area (TPSA) is 25.2 Å². The zero-order chi connectivity index (χ0) is 23.0. The summed E-state index contributed by atoms with van der Waals surface area (Å²) in [6.45, 7) is 5.28. The lowest BCUT2D eigenvalue weighted by Crippen LogP contribution is -2.36. The van der Waals surface area contributed by atoms with Gasteiger partial charge in [0.1, 0.15) is 5.82 Å². The highest BCUT2D eigenvalue weighted by Crippen LogP contribution is 2.27. The molecule has 0 atom stereocenters. The molecule has 1 amide bonds. The number of nitrogens with zero attached hydrogens (tertiary/aromatic N) is 2. The van der Waals surface area contributed by atoms with E-state index in [9.17, 15) is 9.18 Å². The molecular formula is C29H27FN2O. The minimum atomic E-state index is -0.404. The summed E-state index contributed by atoms with van der Waals surface area (Å²) in [4.78, 5) is 15.7. The summed E-state index contributed by atoms with van der Waals surface area (Å²) in [6.07, 6.45) is 3.72. The third kappa shape index (κ3) is 5.47. The molecule has 3 nitrogen and oxygen atoms in total. The Morgan fingerprint density at radius 3 is 2.18 bits per heavy atom. The van der Waals surface area contributed by atoms with E-state index in [2.05, 4.69) is 11.1 Å². The minimum Gasteiger partial charge on any atom is -0.345 e.